The Morgan fingerprint density at radius 3 is 2.65 bits per heavy atom. The van der Waals surface area contributed by atoms with Crippen LogP contribution in [0.2, 0.25) is 0 Å². The fourth-order valence-electron chi connectivity index (χ4n) is 2.28. The normalized spacial score (nSPS) is 18.9. The monoisotopic (exact) mass is 356 g/mol. The molecule has 6 heteroatoms. The molecule has 0 aliphatic carbocycles. The van der Waals surface area contributed by atoms with E-state index in [9.17, 15) is 9.59 Å². The minimum atomic E-state index is -0.429. The average Bonchev–Trinajstić information content (AvgIpc) is 2.46. The van der Waals surface area contributed by atoms with E-state index in [0.717, 1.165) is 22.2 Å². The Labute approximate surface area is 131 Å². The maximum atomic E-state index is 12.2. The first-order chi connectivity index (χ1) is 9.58. The lowest BCUT2D eigenvalue weighted by Crippen LogP contribution is -2.51. The van der Waals surface area contributed by atoms with E-state index in [2.05, 4.69) is 15.9 Å². The molecular formula is C14H17BrN2O2S. The van der Waals surface area contributed by atoms with E-state index >= 15 is 0 Å². The molecular weight excluding hydrogens is 340 g/mol. The Hall–Kier alpha value is -1.01. The van der Waals surface area contributed by atoms with E-state index in [0.29, 0.717) is 18.7 Å². The Balaban J connectivity index is 1.93. The van der Waals surface area contributed by atoms with E-state index < -0.39 is 11.9 Å². The van der Waals surface area contributed by atoms with Gasteiger partial charge in [0, 0.05) is 15.9 Å². The van der Waals surface area contributed by atoms with Crippen molar-refractivity contribution < 1.29 is 9.59 Å². The molecule has 2 rings (SSSR count). The molecule has 2 amide bonds. The van der Waals surface area contributed by atoms with Gasteiger partial charge in [-0.2, -0.15) is 0 Å². The first-order valence-corrected chi connectivity index (χ1v) is 8.33. The van der Waals surface area contributed by atoms with Crippen LogP contribution in [0, 0.1) is 0 Å². The molecule has 4 nitrogen and oxygen atoms in total. The van der Waals surface area contributed by atoms with Gasteiger partial charge in [-0.15, -0.1) is 11.8 Å². The summed E-state index contributed by atoms with van der Waals surface area (Å²) < 4.78 is 1.01. The van der Waals surface area contributed by atoms with Crippen molar-refractivity contribution >= 4 is 39.5 Å². The highest BCUT2D eigenvalue weighted by Crippen LogP contribution is 2.23. The standard InChI is InChI=1S/C14H17BrN2O2S/c15-10-4-6-11(7-5-10)20-9-13(18)17-8-2-1-3-12(17)14(16)19/h4-7,12H,1-3,8-9H2,(H2,16,19)/t12-/m1/s1. The largest absolute Gasteiger partial charge is 0.368 e. The highest BCUT2D eigenvalue weighted by atomic mass is 79.9. The third-order valence-electron chi connectivity index (χ3n) is 3.33. The summed E-state index contributed by atoms with van der Waals surface area (Å²) in [7, 11) is 0. The lowest BCUT2D eigenvalue weighted by Gasteiger charge is -2.33. The molecule has 1 aliphatic heterocycles. The van der Waals surface area contributed by atoms with Crippen molar-refractivity contribution in [3.05, 3.63) is 28.7 Å². The predicted molar refractivity (Wildman–Crippen MR) is 83.4 cm³/mol. The number of benzene rings is 1. The van der Waals surface area contributed by atoms with Crippen LogP contribution in [0.1, 0.15) is 19.3 Å². The van der Waals surface area contributed by atoms with Crippen LogP contribution in [0.15, 0.2) is 33.6 Å². The number of amides is 2. The fourth-order valence-corrected chi connectivity index (χ4v) is 3.33. The van der Waals surface area contributed by atoms with Gasteiger partial charge in [-0.3, -0.25) is 9.59 Å². The Morgan fingerprint density at radius 2 is 2.00 bits per heavy atom. The van der Waals surface area contributed by atoms with E-state index in [1.54, 1.807) is 4.90 Å². The summed E-state index contributed by atoms with van der Waals surface area (Å²) in [6, 6.07) is 7.38. The number of carbonyl (C=O) groups is 2. The van der Waals surface area contributed by atoms with E-state index in [1.165, 1.54) is 11.8 Å². The summed E-state index contributed by atoms with van der Waals surface area (Å²) >= 11 is 4.86. The maximum absolute atomic E-state index is 12.2. The Kier molecular flexibility index (Phi) is 5.48. The summed E-state index contributed by atoms with van der Waals surface area (Å²) in [5.74, 6) is -0.0705. The van der Waals surface area contributed by atoms with E-state index in [1.807, 2.05) is 24.3 Å². The van der Waals surface area contributed by atoms with Gasteiger partial charge >= 0.3 is 0 Å². The van der Waals surface area contributed by atoms with Crippen molar-refractivity contribution in [1.29, 1.82) is 0 Å². The van der Waals surface area contributed by atoms with Gasteiger partial charge < -0.3 is 10.6 Å². The van der Waals surface area contributed by atoms with Gasteiger partial charge in [0.2, 0.25) is 11.8 Å². The van der Waals surface area contributed by atoms with Crippen molar-refractivity contribution in [3.8, 4) is 0 Å². The van der Waals surface area contributed by atoms with Gasteiger partial charge in [-0.25, -0.2) is 0 Å². The minimum Gasteiger partial charge on any atom is -0.368 e. The van der Waals surface area contributed by atoms with E-state index in [-0.39, 0.29) is 5.91 Å². The number of primary amides is 1. The van der Waals surface area contributed by atoms with Crippen molar-refractivity contribution in [2.45, 2.75) is 30.2 Å². The smallest absolute Gasteiger partial charge is 0.240 e. The van der Waals surface area contributed by atoms with Crippen LogP contribution in [-0.4, -0.2) is 35.1 Å². The van der Waals surface area contributed by atoms with Gasteiger partial charge in [0.15, 0.2) is 0 Å². The molecule has 1 heterocycles. The molecule has 1 aromatic rings. The zero-order chi connectivity index (χ0) is 14.5. The molecule has 108 valence electrons. The van der Waals surface area contributed by atoms with Crippen LogP contribution in [0.4, 0.5) is 0 Å². The summed E-state index contributed by atoms with van der Waals surface area (Å²) in [4.78, 5) is 26.3. The van der Waals surface area contributed by atoms with Crippen LogP contribution in [0.5, 0.6) is 0 Å². The summed E-state index contributed by atoms with van der Waals surface area (Å²) in [6.45, 7) is 0.632. The van der Waals surface area contributed by atoms with Crippen LogP contribution >= 0.6 is 27.7 Å². The van der Waals surface area contributed by atoms with Crippen molar-refractivity contribution in [3.63, 3.8) is 0 Å². The number of carbonyl (C=O) groups excluding carboxylic acids is 2. The molecule has 0 bridgehead atoms. The van der Waals surface area contributed by atoms with Crippen molar-refractivity contribution in [2.24, 2.45) is 5.73 Å². The third kappa shape index (κ3) is 3.99. The van der Waals surface area contributed by atoms with Crippen molar-refractivity contribution in [1.82, 2.24) is 4.90 Å². The first-order valence-electron chi connectivity index (χ1n) is 6.55. The number of halogens is 1. The molecule has 1 saturated heterocycles. The highest BCUT2D eigenvalue weighted by molar-refractivity contribution is 9.10. The topological polar surface area (TPSA) is 63.4 Å². The lowest BCUT2D eigenvalue weighted by molar-refractivity contribution is -0.138. The molecule has 1 aliphatic rings. The number of thioether (sulfide) groups is 1. The van der Waals surface area contributed by atoms with Gasteiger partial charge in [0.1, 0.15) is 6.04 Å². The Morgan fingerprint density at radius 1 is 1.30 bits per heavy atom. The molecule has 0 radical (unpaired) electrons. The number of piperidine rings is 1. The second-order valence-corrected chi connectivity index (χ2v) is 6.71. The molecule has 20 heavy (non-hydrogen) atoms. The van der Waals surface area contributed by atoms with Gasteiger partial charge in [-0.1, -0.05) is 15.9 Å². The summed E-state index contributed by atoms with van der Waals surface area (Å²) in [6.07, 6.45) is 2.58. The van der Waals surface area contributed by atoms with Crippen LogP contribution < -0.4 is 5.73 Å². The number of hydrogen-bond acceptors (Lipinski definition) is 3. The zero-order valence-corrected chi connectivity index (χ0v) is 13.5. The average molecular weight is 357 g/mol. The number of nitrogens with two attached hydrogens (primary N) is 1. The SMILES string of the molecule is NC(=O)[C@H]1CCCCN1C(=O)CSc1ccc(Br)cc1. The molecule has 0 spiro atoms. The first kappa shape index (κ1) is 15.4. The lowest BCUT2D eigenvalue weighted by atomic mass is 10.0. The molecule has 1 aromatic carbocycles. The Bertz CT molecular complexity index is 492. The number of likely N-dealkylation sites (tertiary alicyclic amines) is 1. The number of hydrogen-bond donors (Lipinski definition) is 1. The van der Waals surface area contributed by atoms with Crippen LogP contribution in [0.25, 0.3) is 0 Å². The maximum Gasteiger partial charge on any atom is 0.240 e. The van der Waals surface area contributed by atoms with Gasteiger partial charge in [-0.05, 0) is 43.5 Å². The van der Waals surface area contributed by atoms with Crippen molar-refractivity contribution in [2.75, 3.05) is 12.3 Å². The molecule has 1 atom stereocenters. The van der Waals surface area contributed by atoms with Crippen LogP contribution in [0.3, 0.4) is 0 Å². The molecule has 0 saturated carbocycles. The summed E-state index contributed by atoms with van der Waals surface area (Å²) in [5.41, 5.74) is 5.37. The predicted octanol–water partition coefficient (Wildman–Crippen LogP) is 2.41. The zero-order valence-electron chi connectivity index (χ0n) is 11.0. The fraction of sp³-hybridized carbons (Fsp3) is 0.429. The van der Waals surface area contributed by atoms with E-state index in [4.69, 9.17) is 5.73 Å². The van der Waals surface area contributed by atoms with Gasteiger partial charge in [0.25, 0.3) is 0 Å². The number of rotatable bonds is 4. The van der Waals surface area contributed by atoms with Gasteiger partial charge in [0.05, 0.1) is 5.75 Å². The quantitative estimate of drug-likeness (QED) is 0.842. The highest BCUT2D eigenvalue weighted by Gasteiger charge is 2.30. The molecule has 0 unspecified atom stereocenters. The minimum absolute atomic E-state index is 0.0126. The molecule has 2 N–H and O–H groups in total. The second-order valence-electron chi connectivity index (χ2n) is 4.74. The summed E-state index contributed by atoms with van der Waals surface area (Å²) in [5, 5.41) is 0. The molecule has 1 fully saturated rings. The molecule has 0 aromatic heterocycles. The second kappa shape index (κ2) is 7.13. The third-order valence-corrected chi connectivity index (χ3v) is 4.85. The number of nitrogens with zero attached hydrogens (tertiary/aromatic N) is 1. The van der Waals surface area contributed by atoms with Crippen LogP contribution in [-0.2, 0) is 9.59 Å².